The van der Waals surface area contributed by atoms with Gasteiger partial charge in [0.2, 0.25) is 15.9 Å². The molecular weight excluding hydrogens is 376 g/mol. The van der Waals surface area contributed by atoms with Crippen molar-refractivity contribution in [1.82, 2.24) is 14.5 Å². The van der Waals surface area contributed by atoms with Crippen molar-refractivity contribution in [2.45, 2.75) is 24.7 Å². The van der Waals surface area contributed by atoms with E-state index in [-0.39, 0.29) is 11.8 Å². The number of aryl methyl sites for hydroxylation is 1. The molecule has 1 aliphatic heterocycles. The highest BCUT2D eigenvalue weighted by molar-refractivity contribution is 7.89. The number of aromatic nitrogens is 2. The van der Waals surface area contributed by atoms with Crippen LogP contribution in [0.2, 0.25) is 0 Å². The molecule has 3 aromatic rings. The molecule has 0 spiro atoms. The highest BCUT2D eigenvalue weighted by Gasteiger charge is 2.32. The van der Waals surface area contributed by atoms with Crippen molar-refractivity contribution in [2.75, 3.05) is 18.4 Å². The first-order valence-corrected chi connectivity index (χ1v) is 10.7. The van der Waals surface area contributed by atoms with Crippen LogP contribution < -0.4 is 5.32 Å². The van der Waals surface area contributed by atoms with Crippen molar-refractivity contribution >= 4 is 32.5 Å². The lowest BCUT2D eigenvalue weighted by Crippen LogP contribution is -2.41. The zero-order valence-corrected chi connectivity index (χ0v) is 16.4. The standard InChI is InChI=1S/C20H22N4O3S/c1-14-2-5-18(6-3-14)28(26,27)24-10-8-15(9-11-24)20(25)22-17-4-7-19-16(12-17)13-21-23-19/h2-7,12-13,15H,8-11H2,1H3,(H,21,23)(H,22,25). The van der Waals surface area contributed by atoms with E-state index < -0.39 is 10.0 Å². The summed E-state index contributed by atoms with van der Waals surface area (Å²) >= 11 is 0. The number of hydrogen-bond donors (Lipinski definition) is 2. The Morgan fingerprint density at radius 2 is 1.86 bits per heavy atom. The lowest BCUT2D eigenvalue weighted by molar-refractivity contribution is -0.120. The number of anilines is 1. The van der Waals surface area contributed by atoms with Gasteiger partial charge < -0.3 is 5.32 Å². The van der Waals surface area contributed by atoms with Crippen molar-refractivity contribution in [3.05, 3.63) is 54.2 Å². The van der Waals surface area contributed by atoms with Crippen LogP contribution in [0.3, 0.4) is 0 Å². The zero-order valence-electron chi connectivity index (χ0n) is 15.6. The van der Waals surface area contributed by atoms with Gasteiger partial charge in [-0.2, -0.15) is 9.40 Å². The van der Waals surface area contributed by atoms with Gasteiger partial charge in [0.1, 0.15) is 0 Å². The molecule has 0 bridgehead atoms. The number of carbonyl (C=O) groups excluding carboxylic acids is 1. The summed E-state index contributed by atoms with van der Waals surface area (Å²) in [6.07, 6.45) is 2.72. The fourth-order valence-corrected chi connectivity index (χ4v) is 4.95. The fraction of sp³-hybridized carbons (Fsp3) is 0.300. The smallest absolute Gasteiger partial charge is 0.243 e. The summed E-state index contributed by atoms with van der Waals surface area (Å²) in [5.41, 5.74) is 2.64. The van der Waals surface area contributed by atoms with Gasteiger partial charge in [-0.25, -0.2) is 8.42 Å². The molecule has 146 valence electrons. The number of hydrogen-bond acceptors (Lipinski definition) is 4. The van der Waals surface area contributed by atoms with Crippen LogP contribution in [0.1, 0.15) is 18.4 Å². The molecular formula is C20H22N4O3S. The molecule has 1 saturated heterocycles. The summed E-state index contributed by atoms with van der Waals surface area (Å²) < 4.78 is 27.0. The first-order valence-electron chi connectivity index (χ1n) is 9.24. The van der Waals surface area contributed by atoms with Crippen LogP contribution in [0.25, 0.3) is 10.9 Å². The number of fused-ring (bicyclic) bond motifs is 1. The maximum absolute atomic E-state index is 12.8. The molecule has 1 aliphatic rings. The number of benzene rings is 2. The second-order valence-corrected chi connectivity index (χ2v) is 9.09. The van der Waals surface area contributed by atoms with E-state index in [2.05, 4.69) is 15.5 Å². The highest BCUT2D eigenvalue weighted by Crippen LogP contribution is 2.25. The van der Waals surface area contributed by atoms with Gasteiger partial charge in [-0.05, 0) is 50.1 Å². The maximum atomic E-state index is 12.8. The molecule has 7 nitrogen and oxygen atoms in total. The van der Waals surface area contributed by atoms with E-state index in [9.17, 15) is 13.2 Å². The van der Waals surface area contributed by atoms with Crippen molar-refractivity contribution in [3.63, 3.8) is 0 Å². The van der Waals surface area contributed by atoms with Gasteiger partial charge in [-0.3, -0.25) is 9.89 Å². The molecule has 4 rings (SSSR count). The Morgan fingerprint density at radius 1 is 1.14 bits per heavy atom. The number of amides is 1. The Hall–Kier alpha value is -2.71. The Morgan fingerprint density at radius 3 is 2.57 bits per heavy atom. The van der Waals surface area contributed by atoms with Crippen LogP contribution in [-0.2, 0) is 14.8 Å². The SMILES string of the molecule is Cc1ccc(S(=O)(=O)N2CCC(C(=O)Nc3ccc4[nH]ncc4c3)CC2)cc1. The van der Waals surface area contributed by atoms with Crippen molar-refractivity contribution in [2.24, 2.45) is 5.92 Å². The molecule has 28 heavy (non-hydrogen) atoms. The Balaban J connectivity index is 1.39. The van der Waals surface area contributed by atoms with Crippen LogP contribution in [0.15, 0.2) is 53.6 Å². The lowest BCUT2D eigenvalue weighted by Gasteiger charge is -2.30. The lowest BCUT2D eigenvalue weighted by atomic mass is 9.97. The van der Waals surface area contributed by atoms with E-state index in [1.807, 2.05) is 25.1 Å². The Bertz CT molecular complexity index is 1100. The first kappa shape index (κ1) is 18.6. The largest absolute Gasteiger partial charge is 0.326 e. The molecule has 0 radical (unpaired) electrons. The average molecular weight is 398 g/mol. The number of H-pyrrole nitrogens is 1. The van der Waals surface area contributed by atoms with Gasteiger partial charge in [0.05, 0.1) is 16.6 Å². The third kappa shape index (κ3) is 3.65. The van der Waals surface area contributed by atoms with Crippen LogP contribution in [0, 0.1) is 12.8 Å². The van der Waals surface area contributed by atoms with Gasteiger partial charge in [0.15, 0.2) is 0 Å². The second kappa shape index (κ2) is 7.37. The second-order valence-electron chi connectivity index (χ2n) is 7.15. The predicted octanol–water partition coefficient (Wildman–Crippen LogP) is 2.91. The molecule has 0 atom stereocenters. The summed E-state index contributed by atoms with van der Waals surface area (Å²) in [6, 6.07) is 12.4. The quantitative estimate of drug-likeness (QED) is 0.706. The normalized spacial score (nSPS) is 16.3. The van der Waals surface area contributed by atoms with Gasteiger partial charge in [0.25, 0.3) is 0 Å². The Kier molecular flexibility index (Phi) is 4.91. The van der Waals surface area contributed by atoms with Gasteiger partial charge in [0, 0.05) is 30.1 Å². The molecule has 1 amide bonds. The summed E-state index contributed by atoms with van der Waals surface area (Å²) in [6.45, 7) is 2.61. The third-order valence-corrected chi connectivity index (χ3v) is 7.10. The number of rotatable bonds is 4. The Labute approximate surface area is 163 Å². The molecule has 0 unspecified atom stereocenters. The monoisotopic (exact) mass is 398 g/mol. The van der Waals surface area contributed by atoms with Crippen LogP contribution >= 0.6 is 0 Å². The van der Waals surface area contributed by atoms with E-state index in [1.165, 1.54) is 4.31 Å². The number of carbonyl (C=O) groups is 1. The van der Waals surface area contributed by atoms with E-state index >= 15 is 0 Å². The van der Waals surface area contributed by atoms with Crippen molar-refractivity contribution in [1.29, 1.82) is 0 Å². The molecule has 0 aliphatic carbocycles. The molecule has 8 heteroatoms. The number of nitrogens with one attached hydrogen (secondary N) is 2. The first-order chi connectivity index (χ1) is 13.4. The number of piperidine rings is 1. The predicted molar refractivity (Wildman–Crippen MR) is 107 cm³/mol. The molecule has 1 aromatic heterocycles. The van der Waals surface area contributed by atoms with E-state index in [0.29, 0.717) is 36.5 Å². The number of nitrogens with zero attached hydrogens (tertiary/aromatic N) is 2. The van der Waals surface area contributed by atoms with E-state index in [0.717, 1.165) is 16.5 Å². The summed E-state index contributed by atoms with van der Waals surface area (Å²) in [4.78, 5) is 12.9. The molecule has 0 saturated carbocycles. The molecule has 2 aromatic carbocycles. The van der Waals surface area contributed by atoms with Gasteiger partial charge in [-0.1, -0.05) is 17.7 Å². The molecule has 2 heterocycles. The van der Waals surface area contributed by atoms with Crippen molar-refractivity contribution in [3.8, 4) is 0 Å². The van der Waals surface area contributed by atoms with Crippen molar-refractivity contribution < 1.29 is 13.2 Å². The molecule has 2 N–H and O–H groups in total. The summed E-state index contributed by atoms with van der Waals surface area (Å²) in [7, 11) is -3.51. The minimum Gasteiger partial charge on any atom is -0.326 e. The molecule has 1 fully saturated rings. The summed E-state index contributed by atoms with van der Waals surface area (Å²) in [5, 5.41) is 10.7. The number of sulfonamides is 1. The summed E-state index contributed by atoms with van der Waals surface area (Å²) in [5.74, 6) is -0.278. The zero-order chi connectivity index (χ0) is 19.7. The topological polar surface area (TPSA) is 95.2 Å². The van der Waals surface area contributed by atoms with Crippen LogP contribution in [0.5, 0.6) is 0 Å². The third-order valence-electron chi connectivity index (χ3n) is 5.19. The number of aromatic amines is 1. The van der Waals surface area contributed by atoms with Gasteiger partial charge in [-0.15, -0.1) is 0 Å². The minimum atomic E-state index is -3.51. The fourth-order valence-electron chi connectivity index (χ4n) is 3.48. The van der Waals surface area contributed by atoms with E-state index in [1.54, 1.807) is 30.5 Å². The van der Waals surface area contributed by atoms with Gasteiger partial charge >= 0.3 is 0 Å². The van der Waals surface area contributed by atoms with Crippen LogP contribution in [-0.4, -0.2) is 41.9 Å². The minimum absolute atomic E-state index is 0.0739. The highest BCUT2D eigenvalue weighted by atomic mass is 32.2. The van der Waals surface area contributed by atoms with E-state index in [4.69, 9.17) is 0 Å². The average Bonchev–Trinajstić information content (AvgIpc) is 3.16. The van der Waals surface area contributed by atoms with Crippen LogP contribution in [0.4, 0.5) is 5.69 Å². The maximum Gasteiger partial charge on any atom is 0.243 e.